The van der Waals surface area contributed by atoms with Crippen LogP contribution in [-0.4, -0.2) is 54.3 Å². The normalized spacial score (nSPS) is 16.0. The zero-order chi connectivity index (χ0) is 20.5. The third-order valence-corrected chi connectivity index (χ3v) is 5.16. The molecule has 2 amide bonds. The quantitative estimate of drug-likeness (QED) is 0.789. The maximum Gasteiger partial charge on any atom is 0.225 e. The number of benzene rings is 2. The number of nitrogens with zero attached hydrogens (tertiary/aromatic N) is 2. The number of carbonyl (C=O) groups is 2. The Morgan fingerprint density at radius 1 is 0.966 bits per heavy atom. The molecule has 1 unspecified atom stereocenters. The van der Waals surface area contributed by atoms with Crippen LogP contribution in [0.15, 0.2) is 66.7 Å². The van der Waals surface area contributed by atoms with Crippen molar-refractivity contribution in [3.8, 4) is 0 Å². The summed E-state index contributed by atoms with van der Waals surface area (Å²) >= 11 is 0. The minimum atomic E-state index is -0.284. The van der Waals surface area contributed by atoms with E-state index < -0.39 is 0 Å². The summed E-state index contributed by atoms with van der Waals surface area (Å²) in [7, 11) is 0. The first-order valence-corrected chi connectivity index (χ1v) is 10.2. The van der Waals surface area contributed by atoms with Gasteiger partial charge in [-0.3, -0.25) is 14.5 Å². The lowest BCUT2D eigenvalue weighted by Crippen LogP contribution is -2.49. The van der Waals surface area contributed by atoms with E-state index in [1.54, 1.807) is 0 Å². The fraction of sp³-hybridized carbons (Fsp3) is 0.333. The van der Waals surface area contributed by atoms with Crippen LogP contribution in [0.25, 0.3) is 6.08 Å². The van der Waals surface area contributed by atoms with Crippen LogP contribution in [0, 0.1) is 0 Å². The van der Waals surface area contributed by atoms with Gasteiger partial charge in [-0.2, -0.15) is 0 Å². The molecule has 1 saturated heterocycles. The predicted octanol–water partition coefficient (Wildman–Crippen LogP) is 3.11. The van der Waals surface area contributed by atoms with Gasteiger partial charge in [-0.15, -0.1) is 0 Å². The number of amides is 2. The molecule has 2 aromatic carbocycles. The average Bonchev–Trinajstić information content (AvgIpc) is 2.75. The Kier molecular flexibility index (Phi) is 7.59. The molecule has 29 heavy (non-hydrogen) atoms. The Labute approximate surface area is 173 Å². The molecule has 0 radical (unpaired) electrons. The molecule has 152 valence electrons. The topological polar surface area (TPSA) is 52.7 Å². The van der Waals surface area contributed by atoms with Crippen molar-refractivity contribution in [2.24, 2.45) is 0 Å². The lowest BCUT2D eigenvalue weighted by Gasteiger charge is -2.35. The van der Waals surface area contributed by atoms with Gasteiger partial charge in [-0.05, 0) is 11.1 Å². The van der Waals surface area contributed by atoms with Gasteiger partial charge in [-0.1, -0.05) is 72.8 Å². The van der Waals surface area contributed by atoms with Gasteiger partial charge in [0.25, 0.3) is 0 Å². The minimum Gasteiger partial charge on any atom is -0.349 e. The Morgan fingerprint density at radius 2 is 1.59 bits per heavy atom. The summed E-state index contributed by atoms with van der Waals surface area (Å²) in [5.74, 6) is -0.0336. The van der Waals surface area contributed by atoms with Crippen molar-refractivity contribution < 1.29 is 9.59 Å². The molecule has 0 aliphatic carbocycles. The summed E-state index contributed by atoms with van der Waals surface area (Å²) in [6.07, 6.45) is 4.60. The van der Waals surface area contributed by atoms with E-state index in [1.165, 1.54) is 12.5 Å². The van der Waals surface area contributed by atoms with Gasteiger partial charge in [-0.25, -0.2) is 0 Å². The lowest BCUT2D eigenvalue weighted by atomic mass is 10.0. The molecule has 2 aromatic rings. The number of hydrogen-bond acceptors (Lipinski definition) is 3. The van der Waals surface area contributed by atoms with Crippen LogP contribution < -0.4 is 5.32 Å². The zero-order valence-corrected chi connectivity index (χ0v) is 17.0. The molecule has 0 saturated carbocycles. The van der Waals surface area contributed by atoms with Gasteiger partial charge in [0.05, 0.1) is 12.5 Å². The van der Waals surface area contributed by atoms with E-state index in [0.717, 1.165) is 38.3 Å². The molecular weight excluding hydrogens is 362 g/mol. The number of rotatable bonds is 7. The van der Waals surface area contributed by atoms with Crippen molar-refractivity contribution >= 4 is 17.9 Å². The summed E-state index contributed by atoms with van der Waals surface area (Å²) in [6, 6.07) is 19.7. The highest BCUT2D eigenvalue weighted by Gasteiger charge is 2.24. The largest absolute Gasteiger partial charge is 0.349 e. The van der Waals surface area contributed by atoms with Crippen molar-refractivity contribution in [1.82, 2.24) is 15.1 Å². The molecule has 5 heteroatoms. The second-order valence-electron chi connectivity index (χ2n) is 7.36. The monoisotopic (exact) mass is 391 g/mol. The average molecular weight is 392 g/mol. The van der Waals surface area contributed by atoms with Crippen LogP contribution in [0.2, 0.25) is 0 Å². The van der Waals surface area contributed by atoms with E-state index in [-0.39, 0.29) is 24.3 Å². The fourth-order valence-electron chi connectivity index (χ4n) is 3.57. The van der Waals surface area contributed by atoms with E-state index in [0.29, 0.717) is 0 Å². The first-order valence-electron chi connectivity index (χ1n) is 10.2. The van der Waals surface area contributed by atoms with Crippen LogP contribution in [-0.2, 0) is 9.59 Å². The highest BCUT2D eigenvalue weighted by molar-refractivity contribution is 5.79. The maximum absolute atomic E-state index is 12.8. The highest BCUT2D eigenvalue weighted by Crippen LogP contribution is 2.18. The number of piperazine rings is 1. The van der Waals surface area contributed by atoms with Gasteiger partial charge in [0.15, 0.2) is 0 Å². The minimum absolute atomic E-state index is 0.0899. The van der Waals surface area contributed by atoms with E-state index >= 15 is 0 Å². The van der Waals surface area contributed by atoms with Gasteiger partial charge >= 0.3 is 0 Å². The molecule has 5 nitrogen and oxygen atoms in total. The van der Waals surface area contributed by atoms with Gasteiger partial charge < -0.3 is 10.2 Å². The van der Waals surface area contributed by atoms with Crippen molar-refractivity contribution in [3.05, 3.63) is 77.9 Å². The van der Waals surface area contributed by atoms with E-state index in [1.807, 2.05) is 53.4 Å². The van der Waals surface area contributed by atoms with Crippen LogP contribution in [0.4, 0.5) is 0 Å². The van der Waals surface area contributed by atoms with Crippen LogP contribution >= 0.6 is 0 Å². The van der Waals surface area contributed by atoms with Gasteiger partial charge in [0.2, 0.25) is 11.8 Å². The molecule has 1 atom stereocenters. The summed E-state index contributed by atoms with van der Waals surface area (Å²) in [6.45, 7) is 5.54. The molecule has 3 rings (SSSR count). The Bertz CT molecular complexity index is 813. The molecule has 1 heterocycles. The van der Waals surface area contributed by atoms with E-state index in [4.69, 9.17) is 0 Å². The first kappa shape index (κ1) is 20.8. The molecule has 0 aromatic heterocycles. The third-order valence-electron chi connectivity index (χ3n) is 5.16. The third kappa shape index (κ3) is 6.57. The lowest BCUT2D eigenvalue weighted by molar-refractivity contribution is -0.133. The standard InChI is InChI=1S/C24H29N3O2/c1-20(28)25-23(22-12-6-3-7-13-22)19-24(29)27-17-15-26(16-18-27)14-8-11-21-9-4-2-5-10-21/h2-13,23H,14-19H2,1H3,(H,25,28)/b11-8+. The number of hydrogen-bond donors (Lipinski definition) is 1. The van der Waals surface area contributed by atoms with Gasteiger partial charge in [0, 0.05) is 39.6 Å². The SMILES string of the molecule is CC(=O)NC(CC(=O)N1CCN(C/C=C/c2ccccc2)CC1)c1ccccc1. The van der Waals surface area contributed by atoms with E-state index in [2.05, 4.69) is 34.5 Å². The van der Waals surface area contributed by atoms with Crippen molar-refractivity contribution in [3.63, 3.8) is 0 Å². The Morgan fingerprint density at radius 3 is 2.21 bits per heavy atom. The summed E-state index contributed by atoms with van der Waals surface area (Å²) in [5.41, 5.74) is 2.16. The Hall–Kier alpha value is -2.92. The molecule has 1 aliphatic heterocycles. The molecule has 0 spiro atoms. The second-order valence-corrected chi connectivity index (χ2v) is 7.36. The smallest absolute Gasteiger partial charge is 0.225 e. The molecule has 0 bridgehead atoms. The van der Waals surface area contributed by atoms with Crippen molar-refractivity contribution in [2.45, 2.75) is 19.4 Å². The Balaban J connectivity index is 1.48. The number of carbonyl (C=O) groups excluding carboxylic acids is 2. The first-order chi connectivity index (χ1) is 14.1. The van der Waals surface area contributed by atoms with Crippen LogP contribution in [0.1, 0.15) is 30.5 Å². The van der Waals surface area contributed by atoms with E-state index in [9.17, 15) is 9.59 Å². The zero-order valence-electron chi connectivity index (χ0n) is 17.0. The second kappa shape index (κ2) is 10.6. The predicted molar refractivity (Wildman–Crippen MR) is 116 cm³/mol. The van der Waals surface area contributed by atoms with Gasteiger partial charge in [0.1, 0.15) is 0 Å². The number of nitrogens with one attached hydrogen (secondary N) is 1. The van der Waals surface area contributed by atoms with Crippen LogP contribution in [0.3, 0.4) is 0 Å². The van der Waals surface area contributed by atoms with Crippen LogP contribution in [0.5, 0.6) is 0 Å². The van der Waals surface area contributed by atoms with Crippen molar-refractivity contribution in [2.75, 3.05) is 32.7 Å². The maximum atomic E-state index is 12.8. The molecule has 1 N–H and O–H groups in total. The molecule has 1 aliphatic rings. The fourth-order valence-corrected chi connectivity index (χ4v) is 3.57. The highest BCUT2D eigenvalue weighted by atomic mass is 16.2. The summed E-state index contributed by atoms with van der Waals surface area (Å²) in [5, 5.41) is 2.91. The summed E-state index contributed by atoms with van der Waals surface area (Å²) < 4.78 is 0. The molecular formula is C24H29N3O2. The van der Waals surface area contributed by atoms with Crippen molar-refractivity contribution in [1.29, 1.82) is 0 Å². The summed E-state index contributed by atoms with van der Waals surface area (Å²) in [4.78, 5) is 28.7. The molecule has 1 fully saturated rings.